The third-order valence-corrected chi connectivity index (χ3v) is 4.23. The zero-order valence-corrected chi connectivity index (χ0v) is 15.5. The minimum Gasteiger partial charge on any atom is -0.340 e. The van der Waals surface area contributed by atoms with Gasteiger partial charge in [-0.15, -0.1) is 0 Å². The number of carbonyl (C=O) groups is 1. The molecule has 0 aliphatic rings. The summed E-state index contributed by atoms with van der Waals surface area (Å²) >= 11 is 5.85. The summed E-state index contributed by atoms with van der Waals surface area (Å²) in [5.41, 5.74) is 4.93. The molecular weight excluding hydrogens is 346 g/mol. The minimum absolute atomic E-state index is 0.0932. The molecule has 0 bridgehead atoms. The van der Waals surface area contributed by atoms with E-state index in [0.29, 0.717) is 17.1 Å². The third-order valence-electron chi connectivity index (χ3n) is 3.98. The lowest BCUT2D eigenvalue weighted by Crippen LogP contribution is -2.14. The summed E-state index contributed by atoms with van der Waals surface area (Å²) < 4.78 is 0. The molecule has 0 saturated heterocycles. The summed E-state index contributed by atoms with van der Waals surface area (Å²) in [6.07, 6.45) is 1.94. The van der Waals surface area contributed by atoms with Gasteiger partial charge in [-0.1, -0.05) is 35.9 Å². The van der Waals surface area contributed by atoms with Gasteiger partial charge < -0.3 is 10.6 Å². The molecule has 2 N–H and O–H groups in total. The van der Waals surface area contributed by atoms with E-state index in [0.717, 1.165) is 22.6 Å². The molecule has 2 aromatic carbocycles. The normalized spacial score (nSPS) is 10.4. The second-order valence-electron chi connectivity index (χ2n) is 6.23. The fourth-order valence-electron chi connectivity index (χ4n) is 2.54. The van der Waals surface area contributed by atoms with Crippen molar-refractivity contribution >= 4 is 34.7 Å². The van der Waals surface area contributed by atoms with Crippen molar-refractivity contribution in [2.45, 2.75) is 20.3 Å². The number of carbonyl (C=O) groups excluding carboxylic acids is 1. The van der Waals surface area contributed by atoms with Crippen LogP contribution in [0.25, 0.3) is 0 Å². The molecule has 26 heavy (non-hydrogen) atoms. The van der Waals surface area contributed by atoms with Gasteiger partial charge in [0.1, 0.15) is 5.82 Å². The number of rotatable bonds is 5. The van der Waals surface area contributed by atoms with Gasteiger partial charge in [-0.3, -0.25) is 4.79 Å². The fourth-order valence-corrected chi connectivity index (χ4v) is 2.67. The molecule has 0 spiro atoms. The Morgan fingerprint density at radius 3 is 2.50 bits per heavy atom. The van der Waals surface area contributed by atoms with Crippen LogP contribution < -0.4 is 10.6 Å². The summed E-state index contributed by atoms with van der Waals surface area (Å²) in [7, 11) is 0. The second kappa shape index (κ2) is 8.02. The van der Waals surface area contributed by atoms with Crippen LogP contribution in [0.3, 0.4) is 0 Å². The van der Waals surface area contributed by atoms with Crippen LogP contribution >= 0.6 is 11.6 Å². The predicted molar refractivity (Wildman–Crippen MR) is 107 cm³/mol. The van der Waals surface area contributed by atoms with Gasteiger partial charge in [-0.25, -0.2) is 4.98 Å². The Hall–Kier alpha value is -2.85. The summed E-state index contributed by atoms with van der Waals surface area (Å²) in [5.74, 6) is 0.638. The highest BCUT2D eigenvalue weighted by Gasteiger charge is 2.06. The van der Waals surface area contributed by atoms with Crippen LogP contribution in [-0.4, -0.2) is 10.9 Å². The standard InChI is InChI=1S/C21H20ClN3O/c1-14-3-4-15(2)19(11-14)25-20-10-9-18(13-23-20)24-21(26)12-16-5-7-17(22)8-6-16/h3-11,13H,12H2,1-2H3,(H,23,25)(H,24,26). The Balaban J connectivity index is 1.61. The highest BCUT2D eigenvalue weighted by molar-refractivity contribution is 6.30. The zero-order chi connectivity index (χ0) is 18.5. The van der Waals surface area contributed by atoms with Gasteiger partial charge in [-0.2, -0.15) is 0 Å². The van der Waals surface area contributed by atoms with Crippen LogP contribution in [0.5, 0.6) is 0 Å². The van der Waals surface area contributed by atoms with Crippen LogP contribution in [0.1, 0.15) is 16.7 Å². The molecule has 5 heteroatoms. The van der Waals surface area contributed by atoms with E-state index in [4.69, 9.17) is 11.6 Å². The summed E-state index contributed by atoms with van der Waals surface area (Å²) in [6.45, 7) is 4.10. The molecule has 132 valence electrons. The number of nitrogens with zero attached hydrogens (tertiary/aromatic N) is 1. The largest absolute Gasteiger partial charge is 0.340 e. The number of halogens is 1. The average molecular weight is 366 g/mol. The van der Waals surface area contributed by atoms with Gasteiger partial charge in [0.05, 0.1) is 18.3 Å². The zero-order valence-electron chi connectivity index (χ0n) is 14.7. The molecule has 3 aromatic rings. The second-order valence-corrected chi connectivity index (χ2v) is 6.66. The number of amides is 1. The van der Waals surface area contributed by atoms with Crippen LogP contribution in [0.15, 0.2) is 60.8 Å². The van der Waals surface area contributed by atoms with Crippen LogP contribution in [0.2, 0.25) is 5.02 Å². The van der Waals surface area contributed by atoms with E-state index in [-0.39, 0.29) is 5.91 Å². The monoisotopic (exact) mass is 365 g/mol. The van der Waals surface area contributed by atoms with E-state index in [9.17, 15) is 4.79 Å². The van der Waals surface area contributed by atoms with Crippen molar-refractivity contribution in [1.82, 2.24) is 4.98 Å². The number of benzene rings is 2. The summed E-state index contributed by atoms with van der Waals surface area (Å²) in [5, 5.41) is 6.81. The number of aromatic nitrogens is 1. The van der Waals surface area contributed by atoms with Crippen molar-refractivity contribution in [2.75, 3.05) is 10.6 Å². The van der Waals surface area contributed by atoms with Gasteiger partial charge in [-0.05, 0) is 60.9 Å². The fraction of sp³-hybridized carbons (Fsp3) is 0.143. The smallest absolute Gasteiger partial charge is 0.228 e. The maximum atomic E-state index is 12.1. The molecule has 1 amide bonds. The third kappa shape index (κ3) is 4.83. The van der Waals surface area contributed by atoms with E-state index in [2.05, 4.69) is 40.7 Å². The Morgan fingerprint density at radius 1 is 1.04 bits per heavy atom. The highest BCUT2D eigenvalue weighted by Crippen LogP contribution is 2.21. The first-order valence-corrected chi connectivity index (χ1v) is 8.72. The van der Waals surface area contributed by atoms with Gasteiger partial charge in [0, 0.05) is 10.7 Å². The van der Waals surface area contributed by atoms with E-state index < -0.39 is 0 Å². The number of hydrogen-bond donors (Lipinski definition) is 2. The van der Waals surface area contributed by atoms with Crippen molar-refractivity contribution in [3.63, 3.8) is 0 Å². The van der Waals surface area contributed by atoms with Crippen LogP contribution in [0.4, 0.5) is 17.2 Å². The lowest BCUT2D eigenvalue weighted by molar-refractivity contribution is -0.115. The van der Waals surface area contributed by atoms with Crippen LogP contribution in [0, 0.1) is 13.8 Å². The molecule has 3 rings (SSSR count). The van der Waals surface area contributed by atoms with Crippen molar-refractivity contribution < 1.29 is 4.79 Å². The molecule has 0 aliphatic carbocycles. The Kier molecular flexibility index (Phi) is 5.54. The van der Waals surface area contributed by atoms with Crippen LogP contribution in [-0.2, 0) is 11.2 Å². The van der Waals surface area contributed by atoms with Gasteiger partial charge >= 0.3 is 0 Å². The molecule has 4 nitrogen and oxygen atoms in total. The van der Waals surface area contributed by atoms with Gasteiger partial charge in [0.2, 0.25) is 5.91 Å². The van der Waals surface area contributed by atoms with Crippen molar-refractivity contribution in [3.8, 4) is 0 Å². The van der Waals surface area contributed by atoms with E-state index in [1.165, 1.54) is 5.56 Å². The number of hydrogen-bond acceptors (Lipinski definition) is 3. The molecule has 1 aromatic heterocycles. The lowest BCUT2D eigenvalue weighted by atomic mass is 10.1. The quantitative estimate of drug-likeness (QED) is 0.647. The Morgan fingerprint density at radius 2 is 1.81 bits per heavy atom. The molecule has 0 radical (unpaired) electrons. The molecule has 0 unspecified atom stereocenters. The SMILES string of the molecule is Cc1ccc(C)c(Nc2ccc(NC(=O)Cc3ccc(Cl)cc3)cn2)c1. The predicted octanol–water partition coefficient (Wildman–Crippen LogP) is 5.28. The van der Waals surface area contributed by atoms with Crippen molar-refractivity contribution in [3.05, 3.63) is 82.5 Å². The first-order chi connectivity index (χ1) is 12.5. The molecule has 1 heterocycles. The van der Waals surface area contributed by atoms with Gasteiger partial charge in [0.15, 0.2) is 0 Å². The topological polar surface area (TPSA) is 54.0 Å². The van der Waals surface area contributed by atoms with E-state index in [1.54, 1.807) is 18.3 Å². The number of pyridine rings is 1. The minimum atomic E-state index is -0.0932. The Bertz CT molecular complexity index is 906. The maximum Gasteiger partial charge on any atom is 0.228 e. The number of aryl methyl sites for hydroxylation is 2. The molecular formula is C21H20ClN3O. The van der Waals surface area contributed by atoms with E-state index >= 15 is 0 Å². The molecule has 0 aliphatic heterocycles. The summed E-state index contributed by atoms with van der Waals surface area (Å²) in [4.78, 5) is 16.5. The van der Waals surface area contributed by atoms with Crippen molar-refractivity contribution in [2.24, 2.45) is 0 Å². The summed E-state index contributed by atoms with van der Waals surface area (Å²) in [6, 6.07) is 17.2. The first kappa shape index (κ1) is 18.0. The Labute approximate surface area is 158 Å². The van der Waals surface area contributed by atoms with E-state index in [1.807, 2.05) is 31.2 Å². The van der Waals surface area contributed by atoms with Gasteiger partial charge in [0.25, 0.3) is 0 Å². The van der Waals surface area contributed by atoms with Crippen molar-refractivity contribution in [1.29, 1.82) is 0 Å². The number of nitrogens with one attached hydrogen (secondary N) is 2. The molecule has 0 fully saturated rings. The average Bonchev–Trinajstić information content (AvgIpc) is 2.62. The molecule has 0 saturated carbocycles. The molecule has 0 atom stereocenters. The highest BCUT2D eigenvalue weighted by atomic mass is 35.5. The number of anilines is 3. The maximum absolute atomic E-state index is 12.1. The first-order valence-electron chi connectivity index (χ1n) is 8.34. The lowest BCUT2D eigenvalue weighted by Gasteiger charge is -2.11.